The van der Waals surface area contributed by atoms with Crippen LogP contribution in [0, 0.1) is 0 Å². The summed E-state index contributed by atoms with van der Waals surface area (Å²) in [5.41, 5.74) is 3.74. The first-order chi connectivity index (χ1) is 16.2. The van der Waals surface area contributed by atoms with Crippen LogP contribution in [0.5, 0.6) is 0 Å². The molecule has 5 heteroatoms. The Morgan fingerprint density at radius 1 is 0.667 bits per heavy atom. The minimum absolute atomic E-state index is 0.469. The molecule has 4 fully saturated rings. The third-order valence-corrected chi connectivity index (χ3v) is 7.97. The molecule has 4 atom stereocenters. The number of ketones is 1. The summed E-state index contributed by atoms with van der Waals surface area (Å²) >= 11 is 0. The van der Waals surface area contributed by atoms with E-state index in [2.05, 4.69) is 75.6 Å². The van der Waals surface area contributed by atoms with Gasteiger partial charge in [0.15, 0.2) is 0 Å². The lowest BCUT2D eigenvalue weighted by atomic mass is 10.00. The van der Waals surface area contributed by atoms with Gasteiger partial charge in [0.1, 0.15) is 5.78 Å². The summed E-state index contributed by atoms with van der Waals surface area (Å²) < 4.78 is 0. The van der Waals surface area contributed by atoms with E-state index in [4.69, 9.17) is 5.21 Å². The predicted octanol–water partition coefficient (Wildman–Crippen LogP) is 5.03. The third-order valence-electron chi connectivity index (χ3n) is 7.97. The van der Waals surface area contributed by atoms with E-state index in [-0.39, 0.29) is 0 Å². The minimum atomic E-state index is 0.469. The van der Waals surface area contributed by atoms with Gasteiger partial charge in [0.25, 0.3) is 0 Å². The maximum absolute atomic E-state index is 11.5. The van der Waals surface area contributed by atoms with Crippen LogP contribution in [0.25, 0.3) is 0 Å². The van der Waals surface area contributed by atoms with E-state index in [0.29, 0.717) is 30.0 Å². The van der Waals surface area contributed by atoms with Crippen LogP contribution in [-0.2, 0) is 17.9 Å². The molecule has 0 amide bonds. The zero-order valence-electron chi connectivity index (χ0n) is 19.4. The number of oxime groups is 1. The highest BCUT2D eigenvalue weighted by molar-refractivity contribution is 5.86. The smallest absolute Gasteiger partial charge is 0.136 e. The van der Waals surface area contributed by atoms with Gasteiger partial charge in [0, 0.05) is 62.9 Å². The highest BCUT2D eigenvalue weighted by Gasteiger charge is 2.40. The number of hydrogen-bond acceptors (Lipinski definition) is 5. The Kier molecular flexibility index (Phi) is 6.88. The average molecular weight is 446 g/mol. The summed E-state index contributed by atoms with van der Waals surface area (Å²) in [4.78, 5) is 16.6. The van der Waals surface area contributed by atoms with E-state index in [1.165, 1.54) is 36.8 Å². The molecule has 33 heavy (non-hydrogen) atoms. The van der Waals surface area contributed by atoms with Crippen LogP contribution >= 0.6 is 0 Å². The van der Waals surface area contributed by atoms with Crippen molar-refractivity contribution in [2.75, 3.05) is 0 Å². The standard InChI is InChI=1S/C14H18N2O.C14H17NO/c17-15-12-8-13-6-7-14(9-12)16(13)10-11-4-2-1-3-5-11;16-14-8-12-6-7-13(9-14)15(12)10-11-4-2-1-3-5-11/h1-5,13-14,17H,6-10H2;1-5,12-13H,6-10H2. The van der Waals surface area contributed by atoms with Gasteiger partial charge in [0.05, 0.1) is 5.71 Å². The molecule has 4 bridgehead atoms. The van der Waals surface area contributed by atoms with Crippen molar-refractivity contribution in [2.45, 2.75) is 88.6 Å². The van der Waals surface area contributed by atoms with Gasteiger partial charge >= 0.3 is 0 Å². The molecular weight excluding hydrogens is 410 g/mol. The van der Waals surface area contributed by atoms with Crippen molar-refractivity contribution in [3.05, 3.63) is 71.8 Å². The molecule has 4 saturated heterocycles. The molecule has 0 saturated carbocycles. The number of piperidine rings is 2. The van der Waals surface area contributed by atoms with Crippen LogP contribution in [-0.4, -0.2) is 50.7 Å². The first-order valence-corrected chi connectivity index (χ1v) is 12.5. The number of rotatable bonds is 4. The fourth-order valence-electron chi connectivity index (χ4n) is 6.33. The molecule has 174 valence electrons. The molecule has 4 aliphatic rings. The second-order valence-corrected chi connectivity index (χ2v) is 10.1. The molecule has 0 spiro atoms. The first-order valence-electron chi connectivity index (χ1n) is 12.5. The topological polar surface area (TPSA) is 56.1 Å². The van der Waals surface area contributed by atoms with Crippen LogP contribution in [0.2, 0.25) is 0 Å². The van der Waals surface area contributed by atoms with E-state index in [1.54, 1.807) is 0 Å². The predicted molar refractivity (Wildman–Crippen MR) is 130 cm³/mol. The summed E-state index contributed by atoms with van der Waals surface area (Å²) in [7, 11) is 0. The van der Waals surface area contributed by atoms with Crippen LogP contribution < -0.4 is 0 Å². The van der Waals surface area contributed by atoms with Gasteiger partial charge in [-0.05, 0) is 36.8 Å². The van der Waals surface area contributed by atoms with E-state index < -0.39 is 0 Å². The Bertz CT molecular complexity index is 930. The zero-order valence-corrected chi connectivity index (χ0v) is 19.4. The summed E-state index contributed by atoms with van der Waals surface area (Å²) in [6, 6.07) is 23.4. The number of Topliss-reactive ketones (excluding diaryl/α,β-unsaturated/α-hetero) is 1. The van der Waals surface area contributed by atoms with Gasteiger partial charge in [0.2, 0.25) is 0 Å². The molecule has 0 aromatic heterocycles. The Balaban J connectivity index is 0.000000139. The Morgan fingerprint density at radius 2 is 1.06 bits per heavy atom. The van der Waals surface area contributed by atoms with Crippen molar-refractivity contribution in [2.24, 2.45) is 5.16 Å². The number of benzene rings is 2. The highest BCUT2D eigenvalue weighted by atomic mass is 16.4. The molecule has 4 unspecified atom stereocenters. The van der Waals surface area contributed by atoms with Crippen molar-refractivity contribution >= 4 is 11.5 Å². The highest BCUT2D eigenvalue weighted by Crippen LogP contribution is 2.36. The summed E-state index contributed by atoms with van der Waals surface area (Å²) in [5.74, 6) is 0.469. The average Bonchev–Trinajstić information content (AvgIpc) is 3.21. The summed E-state index contributed by atoms with van der Waals surface area (Å²) in [6.07, 6.45) is 8.37. The van der Waals surface area contributed by atoms with Crippen molar-refractivity contribution in [1.29, 1.82) is 0 Å². The number of nitrogens with zero attached hydrogens (tertiary/aromatic N) is 3. The van der Waals surface area contributed by atoms with Gasteiger partial charge in [-0.2, -0.15) is 0 Å². The lowest BCUT2D eigenvalue weighted by Gasteiger charge is -2.35. The van der Waals surface area contributed by atoms with Gasteiger partial charge in [-0.25, -0.2) is 0 Å². The lowest BCUT2D eigenvalue weighted by molar-refractivity contribution is -0.123. The molecule has 6 rings (SSSR count). The Labute approximate surface area is 197 Å². The second-order valence-electron chi connectivity index (χ2n) is 10.1. The van der Waals surface area contributed by atoms with Gasteiger partial charge in [-0.3, -0.25) is 14.6 Å². The normalized spacial score (nSPS) is 29.0. The molecule has 0 radical (unpaired) electrons. The van der Waals surface area contributed by atoms with Gasteiger partial charge in [-0.1, -0.05) is 65.8 Å². The molecule has 5 nitrogen and oxygen atoms in total. The van der Waals surface area contributed by atoms with Crippen LogP contribution in [0.4, 0.5) is 0 Å². The summed E-state index contributed by atoms with van der Waals surface area (Å²) in [6.45, 7) is 2.05. The van der Waals surface area contributed by atoms with Crippen molar-refractivity contribution in [3.63, 3.8) is 0 Å². The maximum Gasteiger partial charge on any atom is 0.136 e. The Hall–Kier alpha value is -2.50. The van der Waals surface area contributed by atoms with E-state index >= 15 is 0 Å². The fraction of sp³-hybridized carbons (Fsp3) is 0.500. The van der Waals surface area contributed by atoms with E-state index in [9.17, 15) is 4.79 Å². The molecular formula is C28H35N3O2. The SMILES string of the molecule is O=C1CC2CCC(C1)N2Cc1ccccc1.ON=C1CC2CCC(C1)N2Cc1ccccc1. The largest absolute Gasteiger partial charge is 0.411 e. The lowest BCUT2D eigenvalue weighted by Crippen LogP contribution is -2.42. The zero-order chi connectivity index (χ0) is 22.6. The van der Waals surface area contributed by atoms with Crippen LogP contribution in [0.3, 0.4) is 0 Å². The van der Waals surface area contributed by atoms with E-state index in [1.807, 2.05) is 0 Å². The molecule has 0 aliphatic carbocycles. The fourth-order valence-corrected chi connectivity index (χ4v) is 6.33. The van der Waals surface area contributed by atoms with Gasteiger partial charge in [-0.15, -0.1) is 0 Å². The summed E-state index contributed by atoms with van der Waals surface area (Å²) in [5, 5.41) is 12.3. The maximum atomic E-state index is 11.5. The Morgan fingerprint density at radius 3 is 1.45 bits per heavy atom. The molecule has 2 aromatic rings. The number of fused-ring (bicyclic) bond motifs is 4. The van der Waals surface area contributed by atoms with Crippen molar-refractivity contribution < 1.29 is 10.0 Å². The van der Waals surface area contributed by atoms with Crippen LogP contribution in [0.1, 0.15) is 62.5 Å². The second kappa shape index (κ2) is 10.2. The number of hydrogen-bond donors (Lipinski definition) is 1. The quantitative estimate of drug-likeness (QED) is 0.530. The monoisotopic (exact) mass is 445 g/mol. The van der Waals surface area contributed by atoms with Crippen molar-refractivity contribution in [3.8, 4) is 0 Å². The molecule has 2 aromatic carbocycles. The third kappa shape index (κ3) is 5.20. The number of carbonyl (C=O) groups is 1. The minimum Gasteiger partial charge on any atom is -0.411 e. The number of carbonyl (C=O) groups excluding carboxylic acids is 1. The first kappa shape index (κ1) is 22.3. The van der Waals surface area contributed by atoms with Gasteiger partial charge < -0.3 is 5.21 Å². The molecule has 1 N–H and O–H groups in total. The molecule has 4 heterocycles. The van der Waals surface area contributed by atoms with E-state index in [0.717, 1.165) is 44.5 Å². The van der Waals surface area contributed by atoms with Crippen LogP contribution in [0.15, 0.2) is 65.8 Å². The van der Waals surface area contributed by atoms with Crippen molar-refractivity contribution in [1.82, 2.24) is 9.80 Å². The molecule has 4 aliphatic heterocycles.